The maximum atomic E-state index is 11.6. The Morgan fingerprint density at radius 2 is 2.25 bits per heavy atom. The van der Waals surface area contributed by atoms with Crippen molar-refractivity contribution in [2.45, 2.75) is 19.8 Å². The fourth-order valence-corrected chi connectivity index (χ4v) is 2.04. The second-order valence-electron chi connectivity index (χ2n) is 3.78. The van der Waals surface area contributed by atoms with E-state index in [9.17, 15) is 9.59 Å². The normalized spacial score (nSPS) is 10.2. The van der Waals surface area contributed by atoms with E-state index in [1.807, 2.05) is 16.8 Å². The molecule has 0 aliphatic heterocycles. The largest absolute Gasteiger partial charge is 0.466 e. The van der Waals surface area contributed by atoms with Crippen molar-refractivity contribution in [2.75, 3.05) is 11.9 Å². The van der Waals surface area contributed by atoms with Crippen LogP contribution in [0.5, 0.6) is 0 Å². The molecular formula is C12H13N3O4S. The maximum Gasteiger partial charge on any atom is 0.322 e. The molecule has 8 heteroatoms. The molecule has 2 aromatic heterocycles. The minimum absolute atomic E-state index is 0.00893. The lowest BCUT2D eigenvalue weighted by Crippen LogP contribution is -2.14. The molecule has 7 nitrogen and oxygen atoms in total. The highest BCUT2D eigenvalue weighted by Gasteiger charge is 2.13. The molecule has 0 unspecified atom stereocenters. The predicted molar refractivity (Wildman–Crippen MR) is 72.1 cm³/mol. The summed E-state index contributed by atoms with van der Waals surface area (Å²) in [6, 6.07) is 1.85. The van der Waals surface area contributed by atoms with Gasteiger partial charge in [-0.05, 0) is 18.4 Å². The molecule has 1 N–H and O–H groups in total. The first-order valence-corrected chi connectivity index (χ1v) is 6.95. The van der Waals surface area contributed by atoms with Gasteiger partial charge in [0.1, 0.15) is 0 Å². The lowest BCUT2D eigenvalue weighted by atomic mass is 10.3. The third-order valence-corrected chi connectivity index (χ3v) is 2.98. The quantitative estimate of drug-likeness (QED) is 0.820. The Bertz CT molecular complexity index is 579. The van der Waals surface area contributed by atoms with Gasteiger partial charge in [-0.3, -0.25) is 14.9 Å². The molecule has 0 bridgehead atoms. The summed E-state index contributed by atoms with van der Waals surface area (Å²) in [5.41, 5.74) is 0.800. The molecule has 0 saturated heterocycles. The summed E-state index contributed by atoms with van der Waals surface area (Å²) in [5.74, 6) is -0.447. The first kappa shape index (κ1) is 14.2. The van der Waals surface area contributed by atoms with E-state index in [4.69, 9.17) is 9.15 Å². The second kappa shape index (κ2) is 6.80. The highest BCUT2D eigenvalue weighted by molar-refractivity contribution is 7.08. The molecule has 0 aromatic carbocycles. The van der Waals surface area contributed by atoms with Gasteiger partial charge < -0.3 is 9.15 Å². The number of carbonyl (C=O) groups is 2. The number of anilines is 1. The van der Waals surface area contributed by atoms with E-state index in [2.05, 4.69) is 15.5 Å². The lowest BCUT2D eigenvalue weighted by Gasteiger charge is -2.01. The molecule has 0 fully saturated rings. The van der Waals surface area contributed by atoms with Crippen molar-refractivity contribution in [3.8, 4) is 11.5 Å². The first-order valence-electron chi connectivity index (χ1n) is 6.00. The summed E-state index contributed by atoms with van der Waals surface area (Å²) in [6.07, 6.45) is 0.0280. The fraction of sp³-hybridized carbons (Fsp3) is 0.333. The van der Waals surface area contributed by atoms with Crippen LogP contribution in [0.4, 0.5) is 6.01 Å². The Labute approximate surface area is 119 Å². The summed E-state index contributed by atoms with van der Waals surface area (Å²) < 4.78 is 10.0. The Morgan fingerprint density at radius 1 is 1.40 bits per heavy atom. The average molecular weight is 295 g/mol. The molecule has 0 aliphatic rings. The smallest absolute Gasteiger partial charge is 0.322 e. The Kier molecular flexibility index (Phi) is 4.83. The highest BCUT2D eigenvalue weighted by Crippen LogP contribution is 2.22. The van der Waals surface area contributed by atoms with E-state index in [-0.39, 0.29) is 24.8 Å². The van der Waals surface area contributed by atoms with E-state index < -0.39 is 5.97 Å². The topological polar surface area (TPSA) is 94.3 Å². The molecule has 1 amide bonds. The van der Waals surface area contributed by atoms with Crippen molar-refractivity contribution in [3.05, 3.63) is 16.8 Å². The van der Waals surface area contributed by atoms with Gasteiger partial charge in [0.05, 0.1) is 13.0 Å². The number of esters is 1. The standard InChI is InChI=1S/C12H13N3O4S/c1-2-18-10(17)4-3-9(16)13-12-15-14-11(19-12)8-5-6-20-7-8/h5-7H,2-4H2,1H3,(H,13,15,16). The number of amides is 1. The van der Waals surface area contributed by atoms with Crippen LogP contribution < -0.4 is 5.32 Å². The summed E-state index contributed by atoms with van der Waals surface area (Å²) in [7, 11) is 0. The zero-order valence-corrected chi connectivity index (χ0v) is 11.6. The molecule has 0 aliphatic carbocycles. The Hall–Kier alpha value is -2.22. The van der Waals surface area contributed by atoms with Crippen molar-refractivity contribution in [3.63, 3.8) is 0 Å². The predicted octanol–water partition coefficient (Wildman–Crippen LogP) is 2.08. The molecule has 2 aromatic rings. The summed E-state index contributed by atoms with van der Waals surface area (Å²) >= 11 is 1.51. The number of nitrogens with zero attached hydrogens (tertiary/aromatic N) is 2. The van der Waals surface area contributed by atoms with E-state index in [0.29, 0.717) is 12.5 Å². The van der Waals surface area contributed by atoms with Crippen LogP contribution in [-0.4, -0.2) is 28.7 Å². The molecule has 106 valence electrons. The summed E-state index contributed by atoms with van der Waals surface area (Å²) in [4.78, 5) is 22.7. The van der Waals surface area contributed by atoms with Crippen LogP contribution in [-0.2, 0) is 14.3 Å². The number of nitrogens with one attached hydrogen (secondary N) is 1. The molecule has 2 heterocycles. The number of ether oxygens (including phenoxy) is 1. The van der Waals surface area contributed by atoms with Crippen molar-refractivity contribution in [2.24, 2.45) is 0 Å². The van der Waals surface area contributed by atoms with Gasteiger partial charge in [0.15, 0.2) is 0 Å². The number of hydrogen-bond donors (Lipinski definition) is 1. The molecule has 20 heavy (non-hydrogen) atoms. The maximum absolute atomic E-state index is 11.6. The third kappa shape index (κ3) is 3.89. The van der Waals surface area contributed by atoms with Crippen LogP contribution in [0.25, 0.3) is 11.5 Å². The Balaban J connectivity index is 1.84. The minimum Gasteiger partial charge on any atom is -0.466 e. The summed E-state index contributed by atoms with van der Waals surface area (Å²) in [6.45, 7) is 2.01. The van der Waals surface area contributed by atoms with E-state index in [1.54, 1.807) is 6.92 Å². The average Bonchev–Trinajstić information content (AvgIpc) is 3.07. The van der Waals surface area contributed by atoms with E-state index in [0.717, 1.165) is 5.56 Å². The van der Waals surface area contributed by atoms with Crippen LogP contribution in [0, 0.1) is 0 Å². The van der Waals surface area contributed by atoms with Crippen LogP contribution in [0.2, 0.25) is 0 Å². The molecular weight excluding hydrogens is 282 g/mol. The van der Waals surface area contributed by atoms with E-state index in [1.165, 1.54) is 11.3 Å². The van der Waals surface area contributed by atoms with E-state index >= 15 is 0 Å². The Morgan fingerprint density at radius 3 is 2.95 bits per heavy atom. The number of hydrogen-bond acceptors (Lipinski definition) is 7. The van der Waals surface area contributed by atoms with Crippen LogP contribution in [0.1, 0.15) is 19.8 Å². The monoisotopic (exact) mass is 295 g/mol. The van der Waals surface area contributed by atoms with Gasteiger partial charge in [0.25, 0.3) is 5.89 Å². The first-order chi connectivity index (χ1) is 9.69. The number of aromatic nitrogens is 2. The second-order valence-corrected chi connectivity index (χ2v) is 4.56. The van der Waals surface area contributed by atoms with Gasteiger partial charge >= 0.3 is 12.0 Å². The fourth-order valence-electron chi connectivity index (χ4n) is 1.41. The lowest BCUT2D eigenvalue weighted by molar-refractivity contribution is -0.144. The van der Waals surface area contributed by atoms with Crippen molar-refractivity contribution < 1.29 is 18.7 Å². The number of carbonyl (C=O) groups excluding carboxylic acids is 2. The third-order valence-electron chi connectivity index (χ3n) is 2.30. The molecule has 0 atom stereocenters. The van der Waals surface area contributed by atoms with Gasteiger partial charge in [-0.15, -0.1) is 5.10 Å². The van der Waals surface area contributed by atoms with Gasteiger partial charge in [0.2, 0.25) is 5.91 Å². The van der Waals surface area contributed by atoms with Gasteiger partial charge in [-0.1, -0.05) is 5.10 Å². The zero-order valence-electron chi connectivity index (χ0n) is 10.8. The SMILES string of the molecule is CCOC(=O)CCC(=O)Nc1nnc(-c2ccsc2)o1. The molecule has 0 saturated carbocycles. The minimum atomic E-state index is -0.410. The van der Waals surface area contributed by atoms with Crippen LogP contribution in [0.15, 0.2) is 21.2 Å². The van der Waals surface area contributed by atoms with Gasteiger partial charge in [-0.25, -0.2) is 0 Å². The van der Waals surface area contributed by atoms with Crippen molar-refractivity contribution in [1.82, 2.24) is 10.2 Å². The number of rotatable bonds is 6. The zero-order chi connectivity index (χ0) is 14.4. The molecule has 2 rings (SSSR count). The van der Waals surface area contributed by atoms with Gasteiger partial charge in [0, 0.05) is 17.4 Å². The highest BCUT2D eigenvalue weighted by atomic mass is 32.1. The molecule has 0 spiro atoms. The van der Waals surface area contributed by atoms with Gasteiger partial charge in [-0.2, -0.15) is 11.3 Å². The summed E-state index contributed by atoms with van der Waals surface area (Å²) in [5, 5.41) is 13.7. The van der Waals surface area contributed by atoms with Crippen LogP contribution >= 0.6 is 11.3 Å². The van der Waals surface area contributed by atoms with Crippen molar-refractivity contribution >= 4 is 29.2 Å². The van der Waals surface area contributed by atoms with Crippen LogP contribution in [0.3, 0.4) is 0 Å². The number of thiophene rings is 1. The van der Waals surface area contributed by atoms with Crippen molar-refractivity contribution in [1.29, 1.82) is 0 Å². The molecule has 0 radical (unpaired) electrons.